The van der Waals surface area contributed by atoms with Crippen molar-refractivity contribution in [2.45, 2.75) is 25.8 Å². The van der Waals surface area contributed by atoms with Gasteiger partial charge in [-0.3, -0.25) is 4.79 Å². The van der Waals surface area contributed by atoms with Crippen molar-refractivity contribution in [3.63, 3.8) is 0 Å². The predicted octanol–water partition coefficient (Wildman–Crippen LogP) is 1.88. The summed E-state index contributed by atoms with van der Waals surface area (Å²) in [5, 5.41) is 2.72. The second kappa shape index (κ2) is 5.44. The highest BCUT2D eigenvalue weighted by atomic mass is 32.1. The average molecular weight is 266 g/mol. The van der Waals surface area contributed by atoms with E-state index in [1.54, 1.807) is 12.1 Å². The number of hydrogen-bond donors (Lipinski definition) is 2. The number of carbonyl (C=O) groups excluding carboxylic acids is 1. The van der Waals surface area contributed by atoms with Crippen molar-refractivity contribution in [3.05, 3.63) is 35.1 Å². The van der Waals surface area contributed by atoms with Crippen LogP contribution in [-0.4, -0.2) is 10.9 Å². The van der Waals surface area contributed by atoms with Gasteiger partial charge in [0.1, 0.15) is 10.8 Å². The number of carbonyl (C=O) groups is 1. The molecule has 0 atom stereocenters. The second-order valence-electron chi connectivity index (χ2n) is 4.59. The summed E-state index contributed by atoms with van der Waals surface area (Å²) in [5.41, 5.74) is 6.35. The third-order valence-electron chi connectivity index (χ3n) is 2.98. The maximum Gasteiger partial charge on any atom is 0.220 e. The van der Waals surface area contributed by atoms with E-state index in [0.29, 0.717) is 23.5 Å². The van der Waals surface area contributed by atoms with Crippen LogP contribution < -0.4 is 11.1 Å². The van der Waals surface area contributed by atoms with Crippen LogP contribution in [0, 0.1) is 11.7 Å². The Morgan fingerprint density at radius 3 is 2.78 bits per heavy atom. The summed E-state index contributed by atoms with van der Waals surface area (Å²) in [6.07, 6.45) is 2.81. The van der Waals surface area contributed by atoms with E-state index < -0.39 is 5.82 Å². The molecule has 0 unspecified atom stereocenters. The van der Waals surface area contributed by atoms with E-state index in [4.69, 9.17) is 18.0 Å². The van der Waals surface area contributed by atoms with Gasteiger partial charge in [0.25, 0.3) is 0 Å². The van der Waals surface area contributed by atoms with Crippen molar-refractivity contribution in [2.24, 2.45) is 11.7 Å². The molecule has 0 aromatic heterocycles. The van der Waals surface area contributed by atoms with E-state index >= 15 is 0 Å². The molecule has 1 aromatic rings. The van der Waals surface area contributed by atoms with Gasteiger partial charge in [0.15, 0.2) is 0 Å². The van der Waals surface area contributed by atoms with Crippen LogP contribution in [0.4, 0.5) is 4.39 Å². The molecule has 0 bridgehead atoms. The van der Waals surface area contributed by atoms with Crippen LogP contribution in [-0.2, 0) is 11.3 Å². The number of hydrogen-bond acceptors (Lipinski definition) is 2. The number of halogens is 1. The van der Waals surface area contributed by atoms with E-state index in [2.05, 4.69) is 5.32 Å². The summed E-state index contributed by atoms with van der Waals surface area (Å²) in [5.74, 6) is 0.120. The van der Waals surface area contributed by atoms with Crippen LogP contribution in [0.5, 0.6) is 0 Å². The van der Waals surface area contributed by atoms with Gasteiger partial charge in [-0.15, -0.1) is 0 Å². The quantitative estimate of drug-likeness (QED) is 0.800. The molecule has 1 aliphatic carbocycles. The van der Waals surface area contributed by atoms with Crippen LogP contribution in [0.3, 0.4) is 0 Å². The van der Waals surface area contributed by atoms with Crippen molar-refractivity contribution in [2.75, 3.05) is 0 Å². The van der Waals surface area contributed by atoms with Crippen molar-refractivity contribution in [1.82, 2.24) is 5.32 Å². The smallest absolute Gasteiger partial charge is 0.220 e. The summed E-state index contributed by atoms with van der Waals surface area (Å²) in [6, 6.07) is 4.56. The van der Waals surface area contributed by atoms with E-state index in [-0.39, 0.29) is 17.4 Å². The highest BCUT2D eigenvalue weighted by Crippen LogP contribution is 2.32. The largest absolute Gasteiger partial charge is 0.389 e. The van der Waals surface area contributed by atoms with Gasteiger partial charge < -0.3 is 11.1 Å². The van der Waals surface area contributed by atoms with E-state index in [9.17, 15) is 9.18 Å². The standard InChI is InChI=1S/C13H15FN2OS/c14-11-6-9(13(15)18)3-4-10(11)7-16-12(17)5-8-1-2-8/h3-4,6,8H,1-2,5,7H2,(H2,15,18)(H,16,17). The molecule has 2 rings (SSSR count). The molecule has 96 valence electrons. The van der Waals surface area contributed by atoms with Crippen molar-refractivity contribution < 1.29 is 9.18 Å². The first-order valence-corrected chi connectivity index (χ1v) is 6.32. The van der Waals surface area contributed by atoms with Gasteiger partial charge in [-0.1, -0.05) is 24.4 Å². The maximum atomic E-state index is 13.7. The lowest BCUT2D eigenvalue weighted by Crippen LogP contribution is -2.23. The van der Waals surface area contributed by atoms with Gasteiger partial charge in [-0.05, 0) is 24.8 Å². The highest BCUT2D eigenvalue weighted by molar-refractivity contribution is 7.80. The van der Waals surface area contributed by atoms with E-state index in [0.717, 1.165) is 12.8 Å². The number of benzene rings is 1. The zero-order valence-electron chi connectivity index (χ0n) is 9.91. The van der Waals surface area contributed by atoms with Crippen LogP contribution in [0.25, 0.3) is 0 Å². The molecular formula is C13H15FN2OS. The van der Waals surface area contributed by atoms with Gasteiger partial charge in [0, 0.05) is 24.1 Å². The number of nitrogens with one attached hydrogen (secondary N) is 1. The summed E-state index contributed by atoms with van der Waals surface area (Å²) < 4.78 is 13.7. The third kappa shape index (κ3) is 3.50. The third-order valence-corrected chi connectivity index (χ3v) is 3.22. The molecule has 1 saturated carbocycles. The Morgan fingerprint density at radius 2 is 2.22 bits per heavy atom. The zero-order valence-corrected chi connectivity index (χ0v) is 10.7. The number of thiocarbonyl (C=S) groups is 1. The molecular weight excluding hydrogens is 251 g/mol. The first-order valence-electron chi connectivity index (χ1n) is 5.91. The SMILES string of the molecule is NC(=S)c1ccc(CNC(=O)CC2CC2)c(F)c1. The Bertz CT molecular complexity index is 486. The molecule has 0 saturated heterocycles. The topological polar surface area (TPSA) is 55.1 Å². The van der Waals surface area contributed by atoms with Crippen LogP contribution in [0.15, 0.2) is 18.2 Å². The Labute approximate surface area is 111 Å². The Hall–Kier alpha value is -1.49. The fourth-order valence-electron chi connectivity index (χ4n) is 1.69. The minimum Gasteiger partial charge on any atom is -0.389 e. The molecule has 0 radical (unpaired) electrons. The fourth-order valence-corrected chi connectivity index (χ4v) is 1.82. The first kappa shape index (κ1) is 13.0. The van der Waals surface area contributed by atoms with Crippen molar-refractivity contribution >= 4 is 23.1 Å². The van der Waals surface area contributed by atoms with Gasteiger partial charge in [-0.25, -0.2) is 4.39 Å². The molecule has 0 aliphatic heterocycles. The molecule has 3 nitrogen and oxygen atoms in total. The number of amides is 1. The molecule has 5 heteroatoms. The van der Waals surface area contributed by atoms with E-state index in [1.807, 2.05) is 0 Å². The van der Waals surface area contributed by atoms with Gasteiger partial charge in [0.2, 0.25) is 5.91 Å². The molecule has 0 heterocycles. The molecule has 3 N–H and O–H groups in total. The predicted molar refractivity (Wildman–Crippen MR) is 71.5 cm³/mol. The zero-order chi connectivity index (χ0) is 13.1. The Morgan fingerprint density at radius 1 is 1.50 bits per heavy atom. The van der Waals surface area contributed by atoms with Crippen molar-refractivity contribution in [1.29, 1.82) is 0 Å². The minimum atomic E-state index is -0.396. The molecule has 1 aromatic carbocycles. The molecule has 1 fully saturated rings. The molecule has 18 heavy (non-hydrogen) atoms. The highest BCUT2D eigenvalue weighted by Gasteiger charge is 2.24. The van der Waals surface area contributed by atoms with Crippen LogP contribution >= 0.6 is 12.2 Å². The number of nitrogens with two attached hydrogens (primary N) is 1. The number of rotatable bonds is 5. The first-order chi connectivity index (χ1) is 8.56. The summed E-state index contributed by atoms with van der Waals surface area (Å²) in [7, 11) is 0. The fraction of sp³-hybridized carbons (Fsp3) is 0.385. The Balaban J connectivity index is 1.92. The van der Waals surface area contributed by atoms with Gasteiger partial charge in [-0.2, -0.15) is 0 Å². The van der Waals surface area contributed by atoms with Crippen molar-refractivity contribution in [3.8, 4) is 0 Å². The monoisotopic (exact) mass is 266 g/mol. The summed E-state index contributed by atoms with van der Waals surface area (Å²) in [4.78, 5) is 11.6. The van der Waals surface area contributed by atoms with Crippen LogP contribution in [0.2, 0.25) is 0 Å². The lowest BCUT2D eigenvalue weighted by molar-refractivity contribution is -0.121. The molecule has 1 aliphatic rings. The lowest BCUT2D eigenvalue weighted by Gasteiger charge is -2.07. The minimum absolute atomic E-state index is 0.0182. The maximum absolute atomic E-state index is 13.7. The molecule has 1 amide bonds. The summed E-state index contributed by atoms with van der Waals surface area (Å²) >= 11 is 4.77. The van der Waals surface area contributed by atoms with E-state index in [1.165, 1.54) is 6.07 Å². The molecule has 0 spiro atoms. The lowest BCUT2D eigenvalue weighted by atomic mass is 10.1. The van der Waals surface area contributed by atoms with Gasteiger partial charge >= 0.3 is 0 Å². The normalized spacial score (nSPS) is 14.3. The Kier molecular flexibility index (Phi) is 3.91. The second-order valence-corrected chi connectivity index (χ2v) is 5.03. The summed E-state index contributed by atoms with van der Waals surface area (Å²) in [6.45, 7) is 0.203. The average Bonchev–Trinajstić information content (AvgIpc) is 3.11. The van der Waals surface area contributed by atoms with Crippen LogP contribution in [0.1, 0.15) is 30.4 Å². The van der Waals surface area contributed by atoms with Gasteiger partial charge in [0.05, 0.1) is 0 Å².